The summed E-state index contributed by atoms with van der Waals surface area (Å²) in [6, 6.07) is 5.87. The first kappa shape index (κ1) is 12.0. The summed E-state index contributed by atoms with van der Waals surface area (Å²) in [5.74, 6) is 0.294. The van der Waals surface area contributed by atoms with Crippen LogP contribution >= 0.6 is 0 Å². The predicted octanol–water partition coefficient (Wildman–Crippen LogP) is 0.695. The number of carbonyl (C=O) groups is 1. The predicted molar refractivity (Wildman–Crippen MR) is 66.6 cm³/mol. The summed E-state index contributed by atoms with van der Waals surface area (Å²) >= 11 is 0. The van der Waals surface area contributed by atoms with E-state index in [1.165, 1.54) is 0 Å². The molecule has 1 fully saturated rings. The van der Waals surface area contributed by atoms with Gasteiger partial charge in [0.05, 0.1) is 5.92 Å². The van der Waals surface area contributed by atoms with Gasteiger partial charge in [-0.2, -0.15) is 0 Å². The number of carbonyl (C=O) groups excluding carboxylic acids is 1. The van der Waals surface area contributed by atoms with Crippen LogP contribution in [0.4, 0.5) is 0 Å². The molecular formula is C13H19N3O. The van der Waals surface area contributed by atoms with Crippen molar-refractivity contribution in [3.63, 3.8) is 0 Å². The monoisotopic (exact) mass is 233 g/mol. The van der Waals surface area contributed by atoms with Gasteiger partial charge in [-0.3, -0.25) is 9.78 Å². The summed E-state index contributed by atoms with van der Waals surface area (Å²) in [6.07, 6.45) is 1.79. The lowest BCUT2D eigenvalue weighted by atomic mass is 9.88. The van der Waals surface area contributed by atoms with Crippen LogP contribution in [0, 0.1) is 5.92 Å². The zero-order valence-electron chi connectivity index (χ0n) is 10.4. The largest absolute Gasteiger partial charge is 0.355 e. The van der Waals surface area contributed by atoms with Crippen LogP contribution in [0.1, 0.15) is 19.5 Å². The molecular weight excluding hydrogens is 214 g/mol. The second-order valence-electron chi connectivity index (χ2n) is 5.17. The Morgan fingerprint density at radius 2 is 2.29 bits per heavy atom. The number of aromatic nitrogens is 1. The third-order valence-corrected chi connectivity index (χ3v) is 3.22. The Labute approximate surface area is 102 Å². The highest BCUT2D eigenvalue weighted by Crippen LogP contribution is 2.19. The van der Waals surface area contributed by atoms with Crippen LogP contribution in [0.5, 0.6) is 0 Å². The number of amides is 1. The van der Waals surface area contributed by atoms with E-state index in [1.54, 1.807) is 6.20 Å². The molecule has 0 unspecified atom stereocenters. The third kappa shape index (κ3) is 2.82. The molecule has 4 heteroatoms. The fourth-order valence-electron chi connectivity index (χ4n) is 1.78. The second kappa shape index (κ2) is 4.84. The van der Waals surface area contributed by atoms with Gasteiger partial charge in [0, 0.05) is 36.9 Å². The van der Waals surface area contributed by atoms with Gasteiger partial charge in [-0.25, -0.2) is 0 Å². The molecule has 1 aromatic rings. The Balaban J connectivity index is 1.91. The minimum absolute atomic E-state index is 0.131. The van der Waals surface area contributed by atoms with Gasteiger partial charge in [0.1, 0.15) is 0 Å². The van der Waals surface area contributed by atoms with Crippen molar-refractivity contribution >= 4 is 5.91 Å². The molecule has 2 rings (SSSR count). The van der Waals surface area contributed by atoms with Gasteiger partial charge < -0.3 is 10.6 Å². The van der Waals surface area contributed by atoms with Crippen molar-refractivity contribution in [1.82, 2.24) is 15.6 Å². The lowest BCUT2D eigenvalue weighted by Crippen LogP contribution is -2.52. The SMILES string of the molecule is CC(C)(CNC(=O)C1CNC1)c1ccccn1. The minimum Gasteiger partial charge on any atom is -0.355 e. The van der Waals surface area contributed by atoms with Crippen molar-refractivity contribution in [2.45, 2.75) is 19.3 Å². The van der Waals surface area contributed by atoms with E-state index in [0.717, 1.165) is 18.8 Å². The van der Waals surface area contributed by atoms with Gasteiger partial charge in [-0.1, -0.05) is 19.9 Å². The molecule has 0 saturated carbocycles. The van der Waals surface area contributed by atoms with E-state index in [-0.39, 0.29) is 17.2 Å². The molecule has 92 valence electrons. The van der Waals surface area contributed by atoms with Gasteiger partial charge >= 0.3 is 0 Å². The molecule has 4 nitrogen and oxygen atoms in total. The van der Waals surface area contributed by atoms with Crippen molar-refractivity contribution < 1.29 is 4.79 Å². The smallest absolute Gasteiger partial charge is 0.225 e. The highest BCUT2D eigenvalue weighted by atomic mass is 16.2. The van der Waals surface area contributed by atoms with Crippen LogP contribution in [0.25, 0.3) is 0 Å². The molecule has 2 N–H and O–H groups in total. The molecule has 17 heavy (non-hydrogen) atoms. The molecule has 0 atom stereocenters. The van der Waals surface area contributed by atoms with Crippen molar-refractivity contribution in [2.75, 3.05) is 19.6 Å². The fraction of sp³-hybridized carbons (Fsp3) is 0.538. The van der Waals surface area contributed by atoms with Crippen LogP contribution in [0.2, 0.25) is 0 Å². The quantitative estimate of drug-likeness (QED) is 0.804. The first-order chi connectivity index (χ1) is 8.09. The molecule has 2 heterocycles. The maximum Gasteiger partial charge on any atom is 0.225 e. The summed E-state index contributed by atoms with van der Waals surface area (Å²) in [6.45, 7) is 6.41. The molecule has 0 radical (unpaired) electrons. The summed E-state index contributed by atoms with van der Waals surface area (Å²) in [7, 11) is 0. The number of hydrogen-bond donors (Lipinski definition) is 2. The normalized spacial score (nSPS) is 16.4. The molecule has 0 aromatic carbocycles. The van der Waals surface area contributed by atoms with Crippen LogP contribution in [0.3, 0.4) is 0 Å². The summed E-state index contributed by atoms with van der Waals surface area (Å²) in [5.41, 5.74) is 0.876. The number of rotatable bonds is 4. The minimum atomic E-state index is -0.131. The van der Waals surface area contributed by atoms with Gasteiger partial charge in [0.2, 0.25) is 5.91 Å². The standard InChI is InChI=1S/C13H19N3O/c1-13(2,11-5-3-4-6-15-11)9-16-12(17)10-7-14-8-10/h3-6,10,14H,7-9H2,1-2H3,(H,16,17). The number of hydrogen-bond acceptors (Lipinski definition) is 3. The zero-order valence-corrected chi connectivity index (χ0v) is 10.4. The molecule has 1 amide bonds. The lowest BCUT2D eigenvalue weighted by Gasteiger charge is -2.29. The average molecular weight is 233 g/mol. The number of pyridine rings is 1. The summed E-state index contributed by atoms with van der Waals surface area (Å²) in [5, 5.41) is 6.10. The maximum atomic E-state index is 11.7. The van der Waals surface area contributed by atoms with E-state index in [1.807, 2.05) is 18.2 Å². The Morgan fingerprint density at radius 1 is 1.53 bits per heavy atom. The first-order valence-electron chi connectivity index (χ1n) is 5.99. The summed E-state index contributed by atoms with van der Waals surface area (Å²) < 4.78 is 0. The van der Waals surface area contributed by atoms with Crippen molar-refractivity contribution in [3.8, 4) is 0 Å². The summed E-state index contributed by atoms with van der Waals surface area (Å²) in [4.78, 5) is 16.1. The topological polar surface area (TPSA) is 54.0 Å². The average Bonchev–Trinajstić information content (AvgIpc) is 2.25. The van der Waals surface area contributed by atoms with Crippen LogP contribution < -0.4 is 10.6 Å². The highest BCUT2D eigenvalue weighted by molar-refractivity contribution is 5.80. The first-order valence-corrected chi connectivity index (χ1v) is 5.99. The van der Waals surface area contributed by atoms with Gasteiger partial charge in [0.25, 0.3) is 0 Å². The van der Waals surface area contributed by atoms with E-state index in [2.05, 4.69) is 29.5 Å². The highest BCUT2D eigenvalue weighted by Gasteiger charge is 2.28. The molecule has 1 aliphatic rings. The Morgan fingerprint density at radius 3 is 2.82 bits per heavy atom. The molecule has 1 aliphatic heterocycles. The van der Waals surface area contributed by atoms with Gasteiger partial charge in [-0.05, 0) is 12.1 Å². The number of nitrogens with zero attached hydrogens (tertiary/aromatic N) is 1. The Hall–Kier alpha value is -1.42. The molecule has 0 bridgehead atoms. The van der Waals surface area contributed by atoms with Gasteiger partial charge in [0.15, 0.2) is 0 Å². The molecule has 0 spiro atoms. The Bertz CT molecular complexity index is 385. The number of nitrogens with one attached hydrogen (secondary N) is 2. The van der Waals surface area contributed by atoms with E-state index in [9.17, 15) is 4.79 Å². The van der Waals surface area contributed by atoms with Crippen LogP contribution in [-0.2, 0) is 10.2 Å². The van der Waals surface area contributed by atoms with Crippen LogP contribution in [-0.4, -0.2) is 30.5 Å². The van der Waals surface area contributed by atoms with Gasteiger partial charge in [-0.15, -0.1) is 0 Å². The van der Waals surface area contributed by atoms with Crippen LogP contribution in [0.15, 0.2) is 24.4 Å². The third-order valence-electron chi connectivity index (χ3n) is 3.22. The van der Waals surface area contributed by atoms with E-state index in [4.69, 9.17) is 0 Å². The van der Waals surface area contributed by atoms with Crippen molar-refractivity contribution in [2.24, 2.45) is 5.92 Å². The van der Waals surface area contributed by atoms with Crippen molar-refractivity contribution in [3.05, 3.63) is 30.1 Å². The zero-order chi connectivity index (χ0) is 12.3. The van der Waals surface area contributed by atoms with Crippen molar-refractivity contribution in [1.29, 1.82) is 0 Å². The molecule has 1 saturated heterocycles. The Kier molecular flexibility index (Phi) is 3.43. The lowest BCUT2D eigenvalue weighted by molar-refractivity contribution is -0.126. The molecule has 0 aliphatic carbocycles. The van der Waals surface area contributed by atoms with E-state index < -0.39 is 0 Å². The molecule has 1 aromatic heterocycles. The fourth-order valence-corrected chi connectivity index (χ4v) is 1.78. The van der Waals surface area contributed by atoms with E-state index >= 15 is 0 Å². The van der Waals surface area contributed by atoms with E-state index in [0.29, 0.717) is 6.54 Å². The maximum absolute atomic E-state index is 11.7. The second-order valence-corrected chi connectivity index (χ2v) is 5.17.